The maximum absolute atomic E-state index is 14.0. The van der Waals surface area contributed by atoms with Crippen molar-refractivity contribution in [1.29, 1.82) is 5.26 Å². The molecule has 1 heterocycles. The molecule has 0 unspecified atom stereocenters. The van der Waals surface area contributed by atoms with Gasteiger partial charge in [-0.2, -0.15) is 31.6 Å². The van der Waals surface area contributed by atoms with Gasteiger partial charge in [0.2, 0.25) is 5.95 Å². The summed E-state index contributed by atoms with van der Waals surface area (Å²) in [5.41, 5.74) is -0.323. The van der Waals surface area contributed by atoms with Gasteiger partial charge in [0.25, 0.3) is 0 Å². The van der Waals surface area contributed by atoms with Crippen LogP contribution >= 0.6 is 0 Å². The maximum Gasteiger partial charge on any atom is 1.00 e. The number of nitriles is 1. The normalized spacial score (nSPS) is 11.5. The molecule has 0 aliphatic rings. The molecule has 0 saturated heterocycles. The quantitative estimate of drug-likeness (QED) is 0.115. The summed E-state index contributed by atoms with van der Waals surface area (Å²) in [4.78, 5) is 20.6. The zero-order valence-electron chi connectivity index (χ0n) is 27.7. The fraction of sp³-hybridized carbons (Fsp3) is 0.314. The van der Waals surface area contributed by atoms with Gasteiger partial charge in [0.1, 0.15) is 5.75 Å². The van der Waals surface area contributed by atoms with Crippen LogP contribution in [0.1, 0.15) is 66.0 Å². The summed E-state index contributed by atoms with van der Waals surface area (Å²) in [6.07, 6.45) is -7.07. The molecule has 0 aliphatic carbocycles. The third kappa shape index (κ3) is 10.6. The Hall–Kier alpha value is -4.32. The molecule has 4 rings (SSSR count). The first-order chi connectivity index (χ1) is 23.1. The number of rotatable bonds is 13. The summed E-state index contributed by atoms with van der Waals surface area (Å²) < 4.78 is 94.4. The molecular formula is C35H31F6N4NaO4. The Morgan fingerprint density at radius 2 is 1.60 bits per heavy atom. The van der Waals surface area contributed by atoms with E-state index in [0.717, 1.165) is 23.8 Å². The summed E-state index contributed by atoms with van der Waals surface area (Å²) in [6.45, 7) is 3.28. The van der Waals surface area contributed by atoms with Crippen LogP contribution in [0.4, 0.5) is 32.3 Å². The van der Waals surface area contributed by atoms with Gasteiger partial charge in [0, 0.05) is 24.6 Å². The van der Waals surface area contributed by atoms with Gasteiger partial charge in [0.15, 0.2) is 5.75 Å². The second-order valence-electron chi connectivity index (χ2n) is 11.4. The van der Waals surface area contributed by atoms with E-state index in [1.807, 2.05) is 26.0 Å². The van der Waals surface area contributed by atoms with Crippen LogP contribution in [0.25, 0.3) is 11.1 Å². The topological polar surface area (TPSA) is 111 Å². The van der Waals surface area contributed by atoms with Crippen molar-refractivity contribution in [2.45, 2.75) is 58.0 Å². The standard InChI is InChI=1S/C35H32F6N4O4.Na/c1-21(2)24-6-9-31(48-3)30(15-24)29-8-7-26(34(36,37)38)14-25(29)20-45(19-23-11-22(16-42)12-27(13-23)35(39,40)41)33-43-17-28(18-44-33)49-10-4-5-32(46)47;/h6-9,11-15,17-18,21H,4-5,10,19-20H2,1-3H3,(H,46,47);/q;+1/p-1. The largest absolute Gasteiger partial charge is 1.00 e. The van der Waals surface area contributed by atoms with Crippen molar-refractivity contribution in [3.05, 3.63) is 100 Å². The van der Waals surface area contributed by atoms with Crippen LogP contribution in [0.5, 0.6) is 11.5 Å². The number of hydrogen-bond donors (Lipinski definition) is 0. The predicted octanol–water partition coefficient (Wildman–Crippen LogP) is 4.30. The van der Waals surface area contributed by atoms with Crippen molar-refractivity contribution >= 4 is 11.9 Å². The maximum atomic E-state index is 14.0. The number of alkyl halides is 6. The first kappa shape index (κ1) is 40.1. The van der Waals surface area contributed by atoms with Crippen LogP contribution in [0.3, 0.4) is 0 Å². The van der Waals surface area contributed by atoms with Gasteiger partial charge in [-0.25, -0.2) is 9.97 Å². The minimum atomic E-state index is -4.77. The van der Waals surface area contributed by atoms with Gasteiger partial charge in [-0.05, 0) is 83.5 Å². The van der Waals surface area contributed by atoms with Crippen LogP contribution in [-0.4, -0.2) is 29.7 Å². The second kappa shape index (κ2) is 17.1. The van der Waals surface area contributed by atoms with E-state index < -0.39 is 29.4 Å². The molecule has 0 bridgehead atoms. The molecule has 0 fully saturated rings. The first-order valence-corrected chi connectivity index (χ1v) is 15.0. The Kier molecular flexibility index (Phi) is 13.7. The van der Waals surface area contributed by atoms with E-state index in [2.05, 4.69) is 9.97 Å². The number of anilines is 1. The number of aromatic nitrogens is 2. The van der Waals surface area contributed by atoms with Gasteiger partial charge in [0.05, 0.1) is 48.9 Å². The number of nitrogens with zero attached hydrogens (tertiary/aromatic N) is 4. The number of halogens is 6. The van der Waals surface area contributed by atoms with E-state index in [0.29, 0.717) is 22.9 Å². The van der Waals surface area contributed by atoms with E-state index in [1.54, 1.807) is 12.1 Å². The van der Waals surface area contributed by atoms with Crippen LogP contribution in [-0.2, 0) is 30.2 Å². The van der Waals surface area contributed by atoms with Crippen molar-refractivity contribution in [1.82, 2.24) is 9.97 Å². The van der Waals surface area contributed by atoms with Crippen molar-refractivity contribution in [3.63, 3.8) is 0 Å². The summed E-state index contributed by atoms with van der Waals surface area (Å²) in [7, 11) is 1.43. The van der Waals surface area contributed by atoms with Crippen LogP contribution in [0.15, 0.2) is 67.0 Å². The van der Waals surface area contributed by atoms with Crippen molar-refractivity contribution in [2.75, 3.05) is 18.6 Å². The number of benzene rings is 3. The summed E-state index contributed by atoms with van der Waals surface area (Å²) >= 11 is 0. The van der Waals surface area contributed by atoms with Gasteiger partial charge in [-0.15, -0.1) is 0 Å². The SMILES string of the molecule is COc1ccc(C(C)C)cc1-c1ccc(C(F)(F)F)cc1CN(Cc1cc(C#N)cc(C(F)(F)F)c1)c1ncc(OCCCC(=O)[O-])cn1.[Na+]. The summed E-state index contributed by atoms with van der Waals surface area (Å²) in [6, 6.07) is 13.1. The Balaban J connectivity index is 0.00000676. The molecule has 3 aromatic carbocycles. The van der Waals surface area contributed by atoms with Crippen LogP contribution in [0.2, 0.25) is 0 Å². The molecule has 15 heteroatoms. The molecule has 0 atom stereocenters. The van der Waals surface area contributed by atoms with E-state index in [9.17, 15) is 41.5 Å². The fourth-order valence-corrected chi connectivity index (χ4v) is 5.05. The van der Waals surface area contributed by atoms with Crippen molar-refractivity contribution in [3.8, 4) is 28.7 Å². The average Bonchev–Trinajstić information content (AvgIpc) is 3.05. The number of carboxylic acid groups (broad SMARTS) is 1. The number of carboxylic acids is 1. The van der Waals surface area contributed by atoms with E-state index in [4.69, 9.17) is 9.47 Å². The average molecular weight is 709 g/mol. The molecule has 4 aromatic rings. The molecule has 0 radical (unpaired) electrons. The van der Waals surface area contributed by atoms with Crippen LogP contribution in [0, 0.1) is 11.3 Å². The summed E-state index contributed by atoms with van der Waals surface area (Å²) in [5.74, 6) is -0.691. The minimum Gasteiger partial charge on any atom is -0.550 e. The molecule has 50 heavy (non-hydrogen) atoms. The molecule has 1 aromatic heterocycles. The van der Waals surface area contributed by atoms with E-state index >= 15 is 0 Å². The first-order valence-electron chi connectivity index (χ1n) is 15.0. The molecular weight excluding hydrogens is 677 g/mol. The number of ether oxygens (including phenoxy) is 2. The fourth-order valence-electron chi connectivity index (χ4n) is 5.05. The minimum absolute atomic E-state index is 0. The number of carbonyl (C=O) groups excluding carboxylic acids is 1. The third-order valence-electron chi connectivity index (χ3n) is 7.49. The van der Waals surface area contributed by atoms with Gasteiger partial charge in [-0.1, -0.05) is 26.0 Å². The summed E-state index contributed by atoms with van der Waals surface area (Å²) in [5, 5.41) is 20.1. The molecule has 0 N–H and O–H groups in total. The number of carbonyl (C=O) groups is 1. The molecule has 258 valence electrons. The molecule has 0 aliphatic heterocycles. The number of methoxy groups -OCH3 is 1. The van der Waals surface area contributed by atoms with Crippen molar-refractivity contribution in [2.24, 2.45) is 0 Å². The van der Waals surface area contributed by atoms with Crippen LogP contribution < -0.4 is 49.0 Å². The number of aliphatic carboxylic acids is 1. The molecule has 0 spiro atoms. The molecule has 0 saturated carbocycles. The zero-order chi connectivity index (χ0) is 35.9. The predicted molar refractivity (Wildman–Crippen MR) is 165 cm³/mol. The third-order valence-corrected chi connectivity index (χ3v) is 7.49. The molecule has 8 nitrogen and oxygen atoms in total. The van der Waals surface area contributed by atoms with Gasteiger partial charge < -0.3 is 24.3 Å². The monoisotopic (exact) mass is 708 g/mol. The Morgan fingerprint density at radius 3 is 2.18 bits per heavy atom. The van der Waals surface area contributed by atoms with E-state index in [1.165, 1.54) is 36.5 Å². The molecule has 0 amide bonds. The van der Waals surface area contributed by atoms with Gasteiger partial charge in [-0.3, -0.25) is 0 Å². The zero-order valence-corrected chi connectivity index (χ0v) is 29.7. The van der Waals surface area contributed by atoms with E-state index in [-0.39, 0.29) is 96.4 Å². The Labute approximate surface area is 307 Å². The Morgan fingerprint density at radius 1 is 0.920 bits per heavy atom. The smallest absolute Gasteiger partial charge is 0.550 e. The Bertz CT molecular complexity index is 1830. The van der Waals surface area contributed by atoms with Crippen molar-refractivity contribution < 1.29 is 75.3 Å². The van der Waals surface area contributed by atoms with Gasteiger partial charge >= 0.3 is 41.9 Å². The second-order valence-corrected chi connectivity index (χ2v) is 11.4. The number of hydrogen-bond acceptors (Lipinski definition) is 8.